The van der Waals surface area contributed by atoms with Gasteiger partial charge >= 0.3 is 0 Å². The summed E-state index contributed by atoms with van der Waals surface area (Å²) in [5.74, 6) is -0.667. The van der Waals surface area contributed by atoms with Crippen molar-refractivity contribution in [3.05, 3.63) is 58.6 Å². The topological polar surface area (TPSA) is 109 Å². The van der Waals surface area contributed by atoms with Gasteiger partial charge in [0.05, 0.1) is 23.7 Å². The SMILES string of the molecule is COCCNC(=O)c1ccc(NC(=O)CNc2ccc(Cl)c(C(=O)NC3CCCCC3)c2)cc1. The number of halogens is 1. The molecule has 0 aromatic heterocycles. The zero-order valence-electron chi connectivity index (χ0n) is 19.3. The number of ether oxygens (including phenoxy) is 1. The Morgan fingerprint density at radius 3 is 2.38 bits per heavy atom. The van der Waals surface area contributed by atoms with Crippen LogP contribution in [0.4, 0.5) is 11.4 Å². The minimum Gasteiger partial charge on any atom is -0.383 e. The molecule has 0 bridgehead atoms. The van der Waals surface area contributed by atoms with E-state index in [2.05, 4.69) is 21.3 Å². The second kappa shape index (κ2) is 13.0. The summed E-state index contributed by atoms with van der Waals surface area (Å²) in [6, 6.07) is 11.8. The average molecular weight is 487 g/mol. The minimum atomic E-state index is -0.263. The van der Waals surface area contributed by atoms with Gasteiger partial charge in [0.15, 0.2) is 0 Å². The Labute approximate surface area is 204 Å². The van der Waals surface area contributed by atoms with E-state index in [0.717, 1.165) is 25.7 Å². The van der Waals surface area contributed by atoms with Crippen molar-refractivity contribution >= 4 is 40.7 Å². The largest absolute Gasteiger partial charge is 0.383 e. The van der Waals surface area contributed by atoms with Crippen molar-refractivity contribution in [1.29, 1.82) is 0 Å². The number of nitrogens with one attached hydrogen (secondary N) is 4. The molecule has 0 unspecified atom stereocenters. The fraction of sp³-hybridized carbons (Fsp3) is 0.400. The van der Waals surface area contributed by atoms with E-state index >= 15 is 0 Å². The summed E-state index contributed by atoms with van der Waals surface area (Å²) in [4.78, 5) is 37.1. The van der Waals surface area contributed by atoms with E-state index in [1.807, 2.05) is 0 Å². The number of amides is 3. The Morgan fingerprint density at radius 2 is 1.68 bits per heavy atom. The summed E-state index contributed by atoms with van der Waals surface area (Å²) in [5, 5.41) is 12.0. The molecule has 3 amide bonds. The highest BCUT2D eigenvalue weighted by atomic mass is 35.5. The standard InChI is InChI=1S/C25H31ClN4O4/c1-34-14-13-27-24(32)17-7-9-19(10-8-17)29-23(31)16-28-20-11-12-22(26)21(15-20)25(33)30-18-5-3-2-4-6-18/h7-12,15,18,28H,2-6,13-14,16H2,1H3,(H,27,32)(H,29,31)(H,30,33). The summed E-state index contributed by atoms with van der Waals surface area (Å²) in [6.45, 7) is 0.867. The number of benzene rings is 2. The van der Waals surface area contributed by atoms with E-state index in [0.29, 0.717) is 40.7 Å². The Hall–Kier alpha value is -3.10. The molecule has 0 heterocycles. The molecule has 9 heteroatoms. The van der Waals surface area contributed by atoms with Gasteiger partial charge in [-0.05, 0) is 55.3 Å². The molecule has 1 aliphatic rings. The van der Waals surface area contributed by atoms with Crippen LogP contribution in [0.5, 0.6) is 0 Å². The second-order valence-corrected chi connectivity index (χ2v) is 8.64. The Morgan fingerprint density at radius 1 is 0.971 bits per heavy atom. The van der Waals surface area contributed by atoms with E-state index in [-0.39, 0.29) is 30.3 Å². The van der Waals surface area contributed by atoms with Gasteiger partial charge in [-0.15, -0.1) is 0 Å². The number of anilines is 2. The zero-order valence-corrected chi connectivity index (χ0v) is 20.0. The number of methoxy groups -OCH3 is 1. The molecular formula is C25H31ClN4O4. The van der Waals surface area contributed by atoms with Gasteiger partial charge in [-0.2, -0.15) is 0 Å². The van der Waals surface area contributed by atoms with Crippen LogP contribution in [0.15, 0.2) is 42.5 Å². The van der Waals surface area contributed by atoms with E-state index in [9.17, 15) is 14.4 Å². The van der Waals surface area contributed by atoms with Crippen LogP contribution in [0, 0.1) is 0 Å². The van der Waals surface area contributed by atoms with Crippen molar-refractivity contribution in [2.24, 2.45) is 0 Å². The minimum absolute atomic E-state index is 0.00454. The van der Waals surface area contributed by atoms with Crippen LogP contribution in [0.1, 0.15) is 52.8 Å². The zero-order chi connectivity index (χ0) is 24.3. The van der Waals surface area contributed by atoms with Gasteiger partial charge in [0.2, 0.25) is 5.91 Å². The summed E-state index contributed by atoms with van der Waals surface area (Å²) < 4.78 is 4.91. The van der Waals surface area contributed by atoms with E-state index in [1.165, 1.54) is 6.42 Å². The van der Waals surface area contributed by atoms with Gasteiger partial charge < -0.3 is 26.0 Å². The van der Waals surface area contributed by atoms with Crippen molar-refractivity contribution in [3.63, 3.8) is 0 Å². The molecule has 4 N–H and O–H groups in total. The first-order valence-electron chi connectivity index (χ1n) is 11.5. The van der Waals surface area contributed by atoms with Gasteiger partial charge in [0.25, 0.3) is 11.8 Å². The lowest BCUT2D eigenvalue weighted by atomic mass is 9.95. The van der Waals surface area contributed by atoms with Gasteiger partial charge in [-0.1, -0.05) is 30.9 Å². The molecule has 3 rings (SSSR count). The fourth-order valence-corrected chi connectivity index (χ4v) is 3.98. The van der Waals surface area contributed by atoms with Crippen LogP contribution in [0.25, 0.3) is 0 Å². The highest BCUT2D eigenvalue weighted by Crippen LogP contribution is 2.23. The molecule has 182 valence electrons. The Kier molecular flexibility index (Phi) is 9.73. The molecule has 0 aliphatic heterocycles. The highest BCUT2D eigenvalue weighted by Gasteiger charge is 2.18. The maximum absolute atomic E-state index is 12.7. The average Bonchev–Trinajstić information content (AvgIpc) is 2.84. The van der Waals surface area contributed by atoms with Crippen LogP contribution in [-0.4, -0.2) is 50.6 Å². The predicted octanol–water partition coefficient (Wildman–Crippen LogP) is 3.83. The predicted molar refractivity (Wildman–Crippen MR) is 134 cm³/mol. The summed E-state index contributed by atoms with van der Waals surface area (Å²) in [6.07, 6.45) is 5.43. The summed E-state index contributed by atoms with van der Waals surface area (Å²) in [7, 11) is 1.57. The van der Waals surface area contributed by atoms with Gasteiger partial charge in [0, 0.05) is 36.6 Å². The number of rotatable bonds is 10. The molecule has 34 heavy (non-hydrogen) atoms. The van der Waals surface area contributed by atoms with E-state index in [1.54, 1.807) is 49.6 Å². The molecule has 2 aromatic rings. The first-order valence-corrected chi connectivity index (χ1v) is 11.9. The highest BCUT2D eigenvalue weighted by molar-refractivity contribution is 6.34. The van der Waals surface area contributed by atoms with E-state index < -0.39 is 0 Å². The third kappa shape index (κ3) is 7.74. The lowest BCUT2D eigenvalue weighted by molar-refractivity contribution is -0.114. The maximum Gasteiger partial charge on any atom is 0.253 e. The number of carbonyl (C=O) groups excluding carboxylic acids is 3. The first kappa shape index (κ1) is 25.5. The molecular weight excluding hydrogens is 456 g/mol. The molecule has 0 spiro atoms. The van der Waals surface area contributed by atoms with Gasteiger partial charge in [0.1, 0.15) is 0 Å². The third-order valence-electron chi connectivity index (χ3n) is 5.63. The number of hydrogen-bond donors (Lipinski definition) is 4. The third-order valence-corrected chi connectivity index (χ3v) is 5.96. The molecule has 0 saturated heterocycles. The van der Waals surface area contributed by atoms with Crippen molar-refractivity contribution in [2.45, 2.75) is 38.1 Å². The number of carbonyl (C=O) groups is 3. The first-order chi connectivity index (χ1) is 16.5. The van der Waals surface area contributed by atoms with Crippen molar-refractivity contribution in [3.8, 4) is 0 Å². The number of hydrogen-bond acceptors (Lipinski definition) is 5. The summed E-state index contributed by atoms with van der Waals surface area (Å²) in [5.41, 5.74) is 2.07. The molecule has 1 saturated carbocycles. The van der Waals surface area contributed by atoms with Crippen molar-refractivity contribution in [1.82, 2.24) is 10.6 Å². The lowest BCUT2D eigenvalue weighted by Gasteiger charge is -2.23. The smallest absolute Gasteiger partial charge is 0.253 e. The van der Waals surface area contributed by atoms with Crippen molar-refractivity contribution in [2.75, 3.05) is 37.4 Å². The monoisotopic (exact) mass is 486 g/mol. The molecule has 2 aromatic carbocycles. The van der Waals surface area contributed by atoms with Crippen LogP contribution >= 0.6 is 11.6 Å². The normalized spacial score (nSPS) is 13.7. The fourth-order valence-electron chi connectivity index (χ4n) is 3.78. The maximum atomic E-state index is 12.7. The van der Waals surface area contributed by atoms with Crippen LogP contribution in [0.2, 0.25) is 5.02 Å². The quantitative estimate of drug-likeness (QED) is 0.382. The summed E-state index contributed by atoms with van der Waals surface area (Å²) >= 11 is 6.25. The Bertz CT molecular complexity index is 991. The molecule has 8 nitrogen and oxygen atoms in total. The van der Waals surface area contributed by atoms with Gasteiger partial charge in [-0.3, -0.25) is 14.4 Å². The van der Waals surface area contributed by atoms with E-state index in [4.69, 9.17) is 16.3 Å². The Balaban J connectivity index is 1.50. The van der Waals surface area contributed by atoms with Gasteiger partial charge in [-0.25, -0.2) is 0 Å². The molecule has 0 radical (unpaired) electrons. The van der Waals surface area contributed by atoms with Crippen LogP contribution in [0.3, 0.4) is 0 Å². The second-order valence-electron chi connectivity index (χ2n) is 8.23. The molecule has 1 aliphatic carbocycles. The van der Waals surface area contributed by atoms with Crippen molar-refractivity contribution < 1.29 is 19.1 Å². The van der Waals surface area contributed by atoms with Crippen LogP contribution < -0.4 is 21.3 Å². The lowest BCUT2D eigenvalue weighted by Crippen LogP contribution is -2.36. The molecule has 0 atom stereocenters. The molecule has 1 fully saturated rings. The van der Waals surface area contributed by atoms with Crippen LogP contribution in [-0.2, 0) is 9.53 Å².